The van der Waals surface area contributed by atoms with Crippen LogP contribution in [-0.2, 0) is 25.4 Å². The number of rotatable bonds is 0. The van der Waals surface area contributed by atoms with Crippen LogP contribution in [0.25, 0.3) is 0 Å². The third-order valence-corrected chi connectivity index (χ3v) is 2.62. The van der Waals surface area contributed by atoms with Crippen molar-refractivity contribution in [2.24, 2.45) is 0 Å². The van der Waals surface area contributed by atoms with Gasteiger partial charge < -0.3 is 5.32 Å². The Hall–Kier alpha value is -1.24. The van der Waals surface area contributed by atoms with Crippen LogP contribution < -0.4 is 5.32 Å². The highest BCUT2D eigenvalue weighted by Crippen LogP contribution is 2.43. The average Bonchev–Trinajstić information content (AvgIpc) is 2.59. The fourth-order valence-electron chi connectivity index (χ4n) is 1.94. The summed E-state index contributed by atoms with van der Waals surface area (Å²) in [5.41, 5.74) is -3.21. The topological polar surface area (TPSA) is 12.0 Å². The van der Waals surface area contributed by atoms with Crippen LogP contribution in [-0.4, -0.2) is 0 Å². The third-order valence-electron chi connectivity index (χ3n) is 2.62. The van der Waals surface area contributed by atoms with Crippen molar-refractivity contribution in [2.75, 3.05) is 0 Å². The molecule has 2 rings (SSSR count). The zero-order valence-electron chi connectivity index (χ0n) is 8.34. The van der Waals surface area contributed by atoms with Crippen LogP contribution in [0.2, 0.25) is 0 Å². The number of nitrogens with one attached hydrogen (secondary N) is 1. The molecule has 0 saturated carbocycles. The molecule has 0 bridgehead atoms. The van der Waals surface area contributed by atoms with Gasteiger partial charge in [0.25, 0.3) is 0 Å². The molecule has 1 heterocycles. The Morgan fingerprint density at radius 2 is 1.53 bits per heavy atom. The SMILES string of the molecule is FC(F)(F)c1ccc2c(c1C(F)(F)F)CNC2. The van der Waals surface area contributed by atoms with Gasteiger partial charge in [0, 0.05) is 13.1 Å². The predicted octanol–water partition coefficient (Wildman–Crippen LogP) is 3.33. The molecule has 1 aromatic carbocycles. The second kappa shape index (κ2) is 3.63. The molecule has 1 nitrogen and oxygen atoms in total. The quantitative estimate of drug-likeness (QED) is 0.701. The van der Waals surface area contributed by atoms with Crippen molar-refractivity contribution in [3.8, 4) is 0 Å². The van der Waals surface area contributed by atoms with Gasteiger partial charge >= 0.3 is 12.4 Å². The van der Waals surface area contributed by atoms with E-state index in [1.807, 2.05) is 0 Å². The summed E-state index contributed by atoms with van der Waals surface area (Å²) in [4.78, 5) is 0. The molecule has 17 heavy (non-hydrogen) atoms. The Balaban J connectivity index is 2.70. The standard InChI is InChI=1S/C10H7F6N/c11-9(12,13)7-2-1-5-3-17-4-6(5)8(7)10(14,15)16/h1-2,17H,3-4H2. The summed E-state index contributed by atoms with van der Waals surface area (Å²) in [6.07, 6.45) is -10.00. The van der Waals surface area contributed by atoms with Crippen molar-refractivity contribution in [3.05, 3.63) is 34.4 Å². The van der Waals surface area contributed by atoms with Crippen LogP contribution in [0.1, 0.15) is 22.3 Å². The van der Waals surface area contributed by atoms with Gasteiger partial charge in [-0.2, -0.15) is 26.3 Å². The summed E-state index contributed by atoms with van der Waals surface area (Å²) in [6, 6.07) is 1.59. The monoisotopic (exact) mass is 255 g/mol. The molecule has 0 aromatic heterocycles. The van der Waals surface area contributed by atoms with Crippen molar-refractivity contribution in [1.29, 1.82) is 0 Å². The van der Waals surface area contributed by atoms with E-state index in [-0.39, 0.29) is 24.2 Å². The zero-order valence-corrected chi connectivity index (χ0v) is 8.34. The maximum atomic E-state index is 12.7. The summed E-state index contributed by atoms with van der Waals surface area (Å²) in [5, 5.41) is 2.61. The second-order valence-electron chi connectivity index (χ2n) is 3.72. The van der Waals surface area contributed by atoms with Gasteiger partial charge in [-0.05, 0) is 17.2 Å². The lowest BCUT2D eigenvalue weighted by atomic mass is 9.97. The molecular weight excluding hydrogens is 248 g/mol. The van der Waals surface area contributed by atoms with E-state index in [1.165, 1.54) is 0 Å². The molecule has 1 aliphatic rings. The first-order valence-electron chi connectivity index (χ1n) is 4.71. The highest BCUT2D eigenvalue weighted by atomic mass is 19.4. The fraction of sp³-hybridized carbons (Fsp3) is 0.400. The van der Waals surface area contributed by atoms with E-state index in [9.17, 15) is 26.3 Å². The second-order valence-corrected chi connectivity index (χ2v) is 3.72. The molecule has 0 unspecified atom stereocenters. The molecular formula is C10H7F6N. The maximum Gasteiger partial charge on any atom is 0.417 e. The lowest BCUT2D eigenvalue weighted by molar-refractivity contribution is -0.162. The van der Waals surface area contributed by atoms with Gasteiger partial charge in [0.2, 0.25) is 0 Å². The molecule has 0 fully saturated rings. The van der Waals surface area contributed by atoms with Gasteiger partial charge in [-0.1, -0.05) is 6.07 Å². The molecule has 0 atom stereocenters. The first kappa shape index (κ1) is 12.2. The zero-order chi connectivity index (χ0) is 12.8. The van der Waals surface area contributed by atoms with Crippen LogP contribution in [0.4, 0.5) is 26.3 Å². The van der Waals surface area contributed by atoms with Gasteiger partial charge in [-0.25, -0.2) is 0 Å². The van der Waals surface area contributed by atoms with Gasteiger partial charge in [-0.3, -0.25) is 0 Å². The Labute approximate surface area is 92.4 Å². The molecule has 1 N–H and O–H groups in total. The number of benzene rings is 1. The Kier molecular flexibility index (Phi) is 2.61. The van der Waals surface area contributed by atoms with Crippen molar-refractivity contribution < 1.29 is 26.3 Å². The minimum atomic E-state index is -5.00. The van der Waals surface area contributed by atoms with Crippen LogP contribution in [0.15, 0.2) is 12.1 Å². The molecule has 0 saturated heterocycles. The highest BCUT2D eigenvalue weighted by Gasteiger charge is 2.45. The van der Waals surface area contributed by atoms with Gasteiger partial charge in [-0.15, -0.1) is 0 Å². The summed E-state index contributed by atoms with van der Waals surface area (Å²) in [7, 11) is 0. The minimum absolute atomic E-state index is 0.163. The molecule has 0 amide bonds. The summed E-state index contributed by atoms with van der Waals surface area (Å²) in [6.45, 7) is -0.0232. The van der Waals surface area contributed by atoms with Crippen LogP contribution >= 0.6 is 0 Å². The normalized spacial score (nSPS) is 16.1. The number of hydrogen-bond donors (Lipinski definition) is 1. The molecule has 1 aromatic rings. The molecule has 7 heteroatoms. The van der Waals surface area contributed by atoms with E-state index in [0.717, 1.165) is 6.07 Å². The number of alkyl halides is 6. The number of halogens is 6. The lowest BCUT2D eigenvalue weighted by Crippen LogP contribution is -2.19. The lowest BCUT2D eigenvalue weighted by Gasteiger charge is -2.18. The van der Waals surface area contributed by atoms with E-state index in [4.69, 9.17) is 0 Å². The van der Waals surface area contributed by atoms with E-state index < -0.39 is 23.5 Å². The van der Waals surface area contributed by atoms with Crippen molar-refractivity contribution in [2.45, 2.75) is 25.4 Å². The summed E-state index contributed by atoms with van der Waals surface area (Å²) >= 11 is 0. The minimum Gasteiger partial charge on any atom is -0.309 e. The van der Waals surface area contributed by atoms with Gasteiger partial charge in [0.05, 0.1) is 11.1 Å². The highest BCUT2D eigenvalue weighted by molar-refractivity contribution is 5.46. The first-order valence-corrected chi connectivity index (χ1v) is 4.71. The third kappa shape index (κ3) is 2.11. The molecule has 94 valence electrons. The summed E-state index contributed by atoms with van der Waals surface area (Å²) in [5.74, 6) is 0. The van der Waals surface area contributed by atoms with Crippen LogP contribution in [0, 0.1) is 0 Å². The van der Waals surface area contributed by atoms with Gasteiger partial charge in [0.15, 0.2) is 0 Å². The fourth-order valence-corrected chi connectivity index (χ4v) is 1.94. The van der Waals surface area contributed by atoms with Crippen LogP contribution in [0.5, 0.6) is 0 Å². The van der Waals surface area contributed by atoms with Crippen LogP contribution in [0.3, 0.4) is 0 Å². The number of fused-ring (bicyclic) bond motifs is 1. The Bertz CT molecular complexity index is 445. The average molecular weight is 255 g/mol. The molecule has 0 radical (unpaired) electrons. The Morgan fingerprint density at radius 1 is 0.882 bits per heavy atom. The molecule has 1 aliphatic heterocycles. The predicted molar refractivity (Wildman–Crippen MR) is 47.0 cm³/mol. The molecule has 0 spiro atoms. The largest absolute Gasteiger partial charge is 0.417 e. The smallest absolute Gasteiger partial charge is 0.309 e. The van der Waals surface area contributed by atoms with Crippen molar-refractivity contribution in [1.82, 2.24) is 5.32 Å². The molecule has 0 aliphatic carbocycles. The van der Waals surface area contributed by atoms with Gasteiger partial charge in [0.1, 0.15) is 0 Å². The van der Waals surface area contributed by atoms with Crippen molar-refractivity contribution >= 4 is 0 Å². The van der Waals surface area contributed by atoms with E-state index in [2.05, 4.69) is 5.32 Å². The number of hydrogen-bond acceptors (Lipinski definition) is 1. The van der Waals surface area contributed by atoms with E-state index >= 15 is 0 Å². The van der Waals surface area contributed by atoms with Crippen molar-refractivity contribution in [3.63, 3.8) is 0 Å². The Morgan fingerprint density at radius 3 is 2.06 bits per heavy atom. The van der Waals surface area contributed by atoms with E-state index in [1.54, 1.807) is 0 Å². The first-order chi connectivity index (χ1) is 7.71. The maximum absolute atomic E-state index is 12.7. The van der Waals surface area contributed by atoms with E-state index in [0.29, 0.717) is 6.07 Å². The summed E-state index contributed by atoms with van der Waals surface area (Å²) < 4.78 is 75.7.